The quantitative estimate of drug-likeness (QED) is 0.907. The summed E-state index contributed by atoms with van der Waals surface area (Å²) in [5.41, 5.74) is 1.06. The fourth-order valence-electron chi connectivity index (χ4n) is 2.53. The van der Waals surface area contributed by atoms with E-state index in [4.69, 9.17) is 0 Å². The number of thiazole rings is 1. The fraction of sp³-hybridized carbons (Fsp3) is 0.467. The van der Waals surface area contributed by atoms with Crippen molar-refractivity contribution in [2.45, 2.75) is 31.6 Å². The van der Waals surface area contributed by atoms with Crippen molar-refractivity contribution in [3.8, 4) is 0 Å². The molecular formula is C15H19N3OS2. The van der Waals surface area contributed by atoms with Crippen LogP contribution in [-0.4, -0.2) is 24.0 Å². The SMILES string of the molecule is CC(C(=O)Nc1ncc(C2CCNCC2)s1)c1ccsc1. The van der Waals surface area contributed by atoms with Gasteiger partial charge in [0.15, 0.2) is 5.13 Å². The molecule has 3 rings (SSSR count). The van der Waals surface area contributed by atoms with Crippen LogP contribution in [0.1, 0.15) is 42.0 Å². The van der Waals surface area contributed by atoms with Gasteiger partial charge in [0.1, 0.15) is 0 Å². The molecule has 0 aliphatic carbocycles. The predicted molar refractivity (Wildman–Crippen MR) is 88.3 cm³/mol. The first-order valence-electron chi connectivity index (χ1n) is 7.23. The van der Waals surface area contributed by atoms with Crippen LogP contribution in [0, 0.1) is 0 Å². The standard InChI is InChI=1S/C15H19N3OS2/c1-10(12-4-7-20-9-12)14(19)18-15-17-8-13(21-15)11-2-5-16-6-3-11/h4,7-11,16H,2-3,5-6H2,1H3,(H,17,18,19). The first kappa shape index (κ1) is 14.7. The summed E-state index contributed by atoms with van der Waals surface area (Å²) in [6, 6.07) is 2.00. The summed E-state index contributed by atoms with van der Waals surface area (Å²) in [4.78, 5) is 17.9. The number of carbonyl (C=O) groups excluding carboxylic acids is 1. The van der Waals surface area contributed by atoms with Crippen molar-refractivity contribution in [2.24, 2.45) is 0 Å². The van der Waals surface area contributed by atoms with E-state index in [1.165, 1.54) is 4.88 Å². The van der Waals surface area contributed by atoms with E-state index in [-0.39, 0.29) is 11.8 Å². The molecule has 0 radical (unpaired) electrons. The number of nitrogens with zero attached hydrogens (tertiary/aromatic N) is 1. The highest BCUT2D eigenvalue weighted by molar-refractivity contribution is 7.15. The van der Waals surface area contributed by atoms with Gasteiger partial charge in [-0.3, -0.25) is 4.79 Å². The zero-order chi connectivity index (χ0) is 14.7. The molecular weight excluding hydrogens is 302 g/mol. The molecule has 21 heavy (non-hydrogen) atoms. The Balaban J connectivity index is 1.62. The van der Waals surface area contributed by atoms with Gasteiger partial charge in [-0.1, -0.05) is 0 Å². The molecule has 0 spiro atoms. The van der Waals surface area contributed by atoms with Crippen molar-refractivity contribution < 1.29 is 4.79 Å². The van der Waals surface area contributed by atoms with Gasteiger partial charge in [-0.25, -0.2) is 4.98 Å². The Kier molecular flexibility index (Phi) is 4.67. The van der Waals surface area contributed by atoms with Gasteiger partial charge in [0.25, 0.3) is 0 Å². The Morgan fingerprint density at radius 3 is 3.00 bits per heavy atom. The van der Waals surface area contributed by atoms with Crippen LogP contribution < -0.4 is 10.6 Å². The molecule has 0 saturated carbocycles. The molecule has 0 bridgehead atoms. The lowest BCUT2D eigenvalue weighted by Gasteiger charge is -2.20. The molecule has 2 aromatic heterocycles. The van der Waals surface area contributed by atoms with E-state index in [0.29, 0.717) is 5.92 Å². The third-order valence-electron chi connectivity index (χ3n) is 3.93. The number of hydrogen-bond acceptors (Lipinski definition) is 5. The summed E-state index contributed by atoms with van der Waals surface area (Å²) in [6.45, 7) is 4.07. The molecule has 1 fully saturated rings. The normalized spacial score (nSPS) is 17.6. The highest BCUT2D eigenvalue weighted by atomic mass is 32.1. The first-order valence-corrected chi connectivity index (χ1v) is 8.99. The number of piperidine rings is 1. The number of amides is 1. The molecule has 2 N–H and O–H groups in total. The molecule has 1 atom stereocenters. The summed E-state index contributed by atoms with van der Waals surface area (Å²) in [5, 5.41) is 11.1. The summed E-state index contributed by atoms with van der Waals surface area (Å²) in [6.07, 6.45) is 4.23. The van der Waals surface area contributed by atoms with Crippen LogP contribution in [0.3, 0.4) is 0 Å². The van der Waals surface area contributed by atoms with Crippen LogP contribution in [0.5, 0.6) is 0 Å². The van der Waals surface area contributed by atoms with Gasteiger partial charge in [0, 0.05) is 11.1 Å². The van der Waals surface area contributed by atoms with Gasteiger partial charge in [0.05, 0.1) is 5.92 Å². The number of hydrogen-bond donors (Lipinski definition) is 2. The zero-order valence-electron chi connectivity index (χ0n) is 12.0. The van der Waals surface area contributed by atoms with E-state index in [1.807, 2.05) is 29.9 Å². The Labute approximate surface area is 132 Å². The Bertz CT molecular complexity index is 588. The van der Waals surface area contributed by atoms with E-state index in [0.717, 1.165) is 36.6 Å². The molecule has 0 aromatic carbocycles. The van der Waals surface area contributed by atoms with Gasteiger partial charge in [-0.2, -0.15) is 11.3 Å². The highest BCUT2D eigenvalue weighted by Gasteiger charge is 2.20. The van der Waals surface area contributed by atoms with E-state index < -0.39 is 0 Å². The van der Waals surface area contributed by atoms with Crippen LogP contribution >= 0.6 is 22.7 Å². The summed E-state index contributed by atoms with van der Waals surface area (Å²) >= 11 is 3.23. The lowest BCUT2D eigenvalue weighted by atomic mass is 9.97. The second-order valence-corrected chi connectivity index (χ2v) is 7.20. The fourth-order valence-corrected chi connectivity index (χ4v) is 4.27. The van der Waals surface area contributed by atoms with Gasteiger partial charge >= 0.3 is 0 Å². The predicted octanol–water partition coefficient (Wildman–Crippen LogP) is 3.41. The summed E-state index contributed by atoms with van der Waals surface area (Å²) < 4.78 is 0. The number of aromatic nitrogens is 1. The monoisotopic (exact) mass is 321 g/mol. The molecule has 4 nitrogen and oxygen atoms in total. The van der Waals surface area contributed by atoms with Crippen LogP contribution in [-0.2, 0) is 4.79 Å². The number of nitrogens with one attached hydrogen (secondary N) is 2. The van der Waals surface area contributed by atoms with Crippen LogP contribution in [0.25, 0.3) is 0 Å². The number of thiophene rings is 1. The molecule has 1 aliphatic rings. The largest absolute Gasteiger partial charge is 0.317 e. The third kappa shape index (κ3) is 3.51. The summed E-state index contributed by atoms with van der Waals surface area (Å²) in [5.74, 6) is 0.464. The highest BCUT2D eigenvalue weighted by Crippen LogP contribution is 2.32. The number of carbonyl (C=O) groups is 1. The molecule has 6 heteroatoms. The maximum atomic E-state index is 12.2. The molecule has 1 unspecified atom stereocenters. The molecule has 1 amide bonds. The van der Waals surface area contributed by atoms with Crippen LogP contribution in [0.15, 0.2) is 23.0 Å². The molecule has 3 heterocycles. The van der Waals surface area contributed by atoms with Gasteiger partial charge < -0.3 is 10.6 Å². The number of anilines is 1. The topological polar surface area (TPSA) is 54.0 Å². The minimum Gasteiger partial charge on any atom is -0.317 e. The van der Waals surface area contributed by atoms with Crippen molar-refractivity contribution in [1.82, 2.24) is 10.3 Å². The molecule has 1 aliphatic heterocycles. The van der Waals surface area contributed by atoms with Crippen LogP contribution in [0.4, 0.5) is 5.13 Å². The van der Waals surface area contributed by atoms with Crippen molar-refractivity contribution in [2.75, 3.05) is 18.4 Å². The Hall–Kier alpha value is -1.24. The lowest BCUT2D eigenvalue weighted by Crippen LogP contribution is -2.26. The Morgan fingerprint density at radius 2 is 2.29 bits per heavy atom. The minimum absolute atomic E-state index is 0.0135. The lowest BCUT2D eigenvalue weighted by molar-refractivity contribution is -0.117. The third-order valence-corrected chi connectivity index (χ3v) is 5.71. The second kappa shape index (κ2) is 6.68. The van der Waals surface area contributed by atoms with Gasteiger partial charge in [0.2, 0.25) is 5.91 Å². The maximum Gasteiger partial charge on any atom is 0.233 e. The molecule has 1 saturated heterocycles. The smallest absolute Gasteiger partial charge is 0.233 e. The van der Waals surface area contributed by atoms with E-state index in [1.54, 1.807) is 22.7 Å². The molecule has 2 aromatic rings. The second-order valence-electron chi connectivity index (χ2n) is 5.36. The molecule has 112 valence electrons. The van der Waals surface area contributed by atoms with Gasteiger partial charge in [-0.15, -0.1) is 11.3 Å². The maximum absolute atomic E-state index is 12.2. The first-order chi connectivity index (χ1) is 10.2. The van der Waals surface area contributed by atoms with Crippen molar-refractivity contribution in [1.29, 1.82) is 0 Å². The average molecular weight is 321 g/mol. The zero-order valence-corrected chi connectivity index (χ0v) is 13.6. The van der Waals surface area contributed by atoms with E-state index in [9.17, 15) is 4.79 Å². The van der Waals surface area contributed by atoms with Gasteiger partial charge in [-0.05, 0) is 61.2 Å². The summed E-state index contributed by atoms with van der Waals surface area (Å²) in [7, 11) is 0. The van der Waals surface area contributed by atoms with Crippen LogP contribution in [0.2, 0.25) is 0 Å². The minimum atomic E-state index is -0.137. The van der Waals surface area contributed by atoms with E-state index in [2.05, 4.69) is 15.6 Å². The number of rotatable bonds is 4. The average Bonchev–Trinajstić information content (AvgIpc) is 3.19. The Morgan fingerprint density at radius 1 is 1.48 bits per heavy atom. The van der Waals surface area contributed by atoms with Crippen molar-refractivity contribution in [3.05, 3.63) is 33.5 Å². The van der Waals surface area contributed by atoms with E-state index >= 15 is 0 Å². The van der Waals surface area contributed by atoms with Crippen molar-refractivity contribution in [3.63, 3.8) is 0 Å². The van der Waals surface area contributed by atoms with Crippen molar-refractivity contribution >= 4 is 33.7 Å².